The normalized spacial score (nSPS) is 12.8. The lowest BCUT2D eigenvalue weighted by atomic mass is 9.34. The van der Waals surface area contributed by atoms with Crippen LogP contribution in [0.15, 0.2) is 309 Å². The quantitative estimate of drug-likeness (QED) is 0.0765. The van der Waals surface area contributed by atoms with Crippen molar-refractivity contribution in [1.29, 1.82) is 0 Å². The molecule has 4 heterocycles. The van der Waals surface area contributed by atoms with Crippen molar-refractivity contribution in [3.63, 3.8) is 0 Å². The van der Waals surface area contributed by atoms with Gasteiger partial charge in [-0.25, -0.2) is 0 Å². The molecule has 4 aliphatic heterocycles. The first-order valence-electron chi connectivity index (χ1n) is 31.0. The molecule has 406 valence electrons. The zero-order valence-electron chi connectivity index (χ0n) is 48.5. The van der Waals surface area contributed by atoms with E-state index >= 15 is 0 Å². The summed E-state index contributed by atoms with van der Waals surface area (Å²) in [7, 11) is -3.28. The zero-order chi connectivity index (χ0) is 57.8. The van der Waals surface area contributed by atoms with Gasteiger partial charge in [-0.2, -0.15) is 0 Å². The first kappa shape index (κ1) is 49.5. The number of para-hydroxylation sites is 4. The maximum absolute atomic E-state index is 3.28. The van der Waals surface area contributed by atoms with E-state index in [-0.39, 0.29) is 13.4 Å². The van der Waals surface area contributed by atoms with Gasteiger partial charge in [0.1, 0.15) is 0 Å². The van der Waals surface area contributed by atoms with Crippen molar-refractivity contribution < 1.29 is 0 Å². The Bertz CT molecular complexity index is 5150. The van der Waals surface area contributed by atoms with Crippen LogP contribution < -0.4 is 63.3 Å². The summed E-state index contributed by atoms with van der Waals surface area (Å²) in [4.78, 5) is 4.93. The van der Waals surface area contributed by atoms with Gasteiger partial charge in [0.15, 0.2) is 8.07 Å². The van der Waals surface area contributed by atoms with E-state index < -0.39 is 8.07 Å². The number of hydrogen-bond acceptors (Lipinski definition) is 2. The van der Waals surface area contributed by atoms with Crippen LogP contribution in [0.1, 0.15) is 5.56 Å². The van der Waals surface area contributed by atoms with Gasteiger partial charge in [0.05, 0.1) is 0 Å². The van der Waals surface area contributed by atoms with E-state index in [0.717, 1.165) is 34.1 Å². The molecule has 15 aromatic rings. The first-order valence-corrected chi connectivity index (χ1v) is 33.0. The van der Waals surface area contributed by atoms with Crippen LogP contribution in [-0.4, -0.2) is 21.5 Å². The molecule has 0 unspecified atom stereocenters. The third kappa shape index (κ3) is 6.79. The molecule has 0 saturated carbocycles. The Morgan fingerprint density at radius 3 is 0.966 bits per heavy atom. The average Bonchev–Trinajstić information content (AvgIpc) is 1.16. The Kier molecular flexibility index (Phi) is 10.6. The summed E-state index contributed by atoms with van der Waals surface area (Å²) in [5.41, 5.74) is 27.0. The predicted octanol–water partition coefficient (Wildman–Crippen LogP) is 14.2. The van der Waals surface area contributed by atoms with Gasteiger partial charge in [0, 0.05) is 34.1 Å². The number of aryl methyl sites for hydroxylation is 1. The Morgan fingerprint density at radius 1 is 0.250 bits per heavy atom. The molecule has 0 bridgehead atoms. The summed E-state index contributed by atoms with van der Waals surface area (Å²) in [6.07, 6.45) is 0. The second-order valence-electron chi connectivity index (χ2n) is 24.6. The molecule has 88 heavy (non-hydrogen) atoms. The Labute approximate surface area is 514 Å². The summed E-state index contributed by atoms with van der Waals surface area (Å²) < 4.78 is 0. The molecule has 0 radical (unpaired) electrons. The highest BCUT2D eigenvalue weighted by atomic mass is 28.3. The van der Waals surface area contributed by atoms with E-state index in [2.05, 4.69) is 326 Å². The minimum atomic E-state index is -3.28. The number of rotatable bonds is 10. The van der Waals surface area contributed by atoms with Gasteiger partial charge in [-0.05, 0) is 183 Å². The van der Waals surface area contributed by atoms with Crippen LogP contribution in [0, 0.1) is 6.92 Å². The van der Waals surface area contributed by atoms with Crippen LogP contribution in [0.25, 0.3) is 76.8 Å². The molecular formula is C83H54B2N2Si. The number of benzene rings is 15. The number of anilines is 6. The van der Waals surface area contributed by atoms with Crippen LogP contribution >= 0.6 is 0 Å². The summed E-state index contributed by atoms with van der Waals surface area (Å²) >= 11 is 0. The van der Waals surface area contributed by atoms with Gasteiger partial charge in [-0.1, -0.05) is 269 Å². The molecule has 2 nitrogen and oxygen atoms in total. The highest BCUT2D eigenvalue weighted by Gasteiger charge is 2.49. The third-order valence-corrected chi connectivity index (χ3v) is 25.0. The van der Waals surface area contributed by atoms with E-state index in [9.17, 15) is 0 Å². The van der Waals surface area contributed by atoms with E-state index in [1.807, 2.05) is 0 Å². The minimum Gasteiger partial charge on any atom is -0.310 e. The van der Waals surface area contributed by atoms with Crippen LogP contribution in [0.4, 0.5) is 34.1 Å². The van der Waals surface area contributed by atoms with Crippen molar-refractivity contribution in [2.24, 2.45) is 0 Å². The fraction of sp³-hybridized carbons (Fsp3) is 0.0120. The third-order valence-electron chi connectivity index (χ3n) is 20.2. The summed E-state index contributed by atoms with van der Waals surface area (Å²) in [6, 6.07) is 118. The second kappa shape index (κ2) is 18.9. The molecule has 19 rings (SSSR count). The largest absolute Gasteiger partial charge is 0.310 e. The van der Waals surface area contributed by atoms with Gasteiger partial charge in [0.2, 0.25) is 13.4 Å². The highest BCUT2D eigenvalue weighted by molar-refractivity contribution is 7.21. The predicted molar refractivity (Wildman–Crippen MR) is 379 cm³/mol. The zero-order valence-corrected chi connectivity index (χ0v) is 49.5. The maximum Gasteiger partial charge on any atom is 0.244 e. The number of nitrogens with zero attached hydrogens (tertiary/aromatic N) is 2. The fourth-order valence-electron chi connectivity index (χ4n) is 16.9. The molecule has 0 fully saturated rings. The van der Waals surface area contributed by atoms with E-state index in [1.165, 1.54) is 136 Å². The van der Waals surface area contributed by atoms with Gasteiger partial charge < -0.3 is 9.80 Å². The SMILES string of the molecule is Cc1cc2c3c(cc4c([Si](c5ccccc5)(c5ccccc5)c5ccccc5)cc5c6c(cc1c3c46)B1c3ccccc3-c3cc(N(c4ccccc4)c4ccccc4)cc-5c31)B1c3ccccc3-c3cc(N(c4ccccc4)c4ccccc4)cc-2c31. The van der Waals surface area contributed by atoms with Crippen LogP contribution in [0.5, 0.6) is 0 Å². The highest BCUT2D eigenvalue weighted by Crippen LogP contribution is 2.50. The summed E-state index contributed by atoms with van der Waals surface area (Å²) in [6.45, 7) is 2.44. The van der Waals surface area contributed by atoms with Crippen molar-refractivity contribution in [1.82, 2.24) is 0 Å². The maximum atomic E-state index is 2.75. The van der Waals surface area contributed by atoms with Crippen LogP contribution in [0.2, 0.25) is 0 Å². The molecule has 0 aliphatic carbocycles. The molecule has 0 aromatic heterocycles. The fourth-order valence-corrected chi connectivity index (χ4v) is 21.8. The molecular weight excluding hydrogens is 1070 g/mol. The van der Waals surface area contributed by atoms with Crippen molar-refractivity contribution in [3.05, 3.63) is 315 Å². The smallest absolute Gasteiger partial charge is 0.244 e. The molecule has 5 heteroatoms. The lowest BCUT2D eigenvalue weighted by Crippen LogP contribution is -2.75. The molecule has 0 N–H and O–H groups in total. The molecule has 0 spiro atoms. The molecule has 0 atom stereocenters. The van der Waals surface area contributed by atoms with E-state index in [4.69, 9.17) is 0 Å². The van der Waals surface area contributed by atoms with Crippen molar-refractivity contribution >= 4 is 141 Å². The first-order chi connectivity index (χ1) is 43.6. The molecule has 15 aromatic carbocycles. The van der Waals surface area contributed by atoms with E-state index in [1.54, 1.807) is 0 Å². The van der Waals surface area contributed by atoms with Crippen LogP contribution in [0.3, 0.4) is 0 Å². The number of hydrogen-bond donors (Lipinski definition) is 0. The van der Waals surface area contributed by atoms with Gasteiger partial charge >= 0.3 is 0 Å². The summed E-state index contributed by atoms with van der Waals surface area (Å²) in [5, 5.41) is 13.7. The van der Waals surface area contributed by atoms with E-state index in [0.29, 0.717) is 0 Å². The Morgan fingerprint density at radius 2 is 0.568 bits per heavy atom. The average molecular weight is 1130 g/mol. The lowest BCUT2D eigenvalue weighted by Gasteiger charge is -2.38. The monoisotopic (exact) mass is 1130 g/mol. The van der Waals surface area contributed by atoms with Gasteiger partial charge in [0.25, 0.3) is 0 Å². The van der Waals surface area contributed by atoms with Crippen LogP contribution in [-0.2, 0) is 0 Å². The van der Waals surface area contributed by atoms with Gasteiger partial charge in [-0.15, -0.1) is 0 Å². The van der Waals surface area contributed by atoms with Gasteiger partial charge in [-0.3, -0.25) is 0 Å². The Balaban J connectivity index is 1.01. The second-order valence-corrected chi connectivity index (χ2v) is 28.3. The molecule has 0 saturated heterocycles. The summed E-state index contributed by atoms with van der Waals surface area (Å²) in [5.74, 6) is 0. The van der Waals surface area contributed by atoms with Crippen molar-refractivity contribution in [3.8, 4) is 44.5 Å². The lowest BCUT2D eigenvalue weighted by molar-refractivity contribution is 1.29. The van der Waals surface area contributed by atoms with Crippen molar-refractivity contribution in [2.45, 2.75) is 6.92 Å². The van der Waals surface area contributed by atoms with Crippen molar-refractivity contribution in [2.75, 3.05) is 9.80 Å². The minimum absolute atomic E-state index is 0.00890. The standard InChI is InChI=1S/C83H54B2N2Si/c1-53-45-66-70-48-58(86(54-27-9-2-10-28-54)55-29-11-3-12-30-55)46-68-63-41-24-26-44-74(63)85(82(68)70)76-51-72-77(88(60-35-17-6-18-36-60,61-37-19-7-20-38-61)62-39-21-8-22-40-62)52-67-71-49-59(87(56-31-13-4-14-32-56)57-33-15-5-16-34-57)47-69-64-42-23-25-43-73(64)84(83(69)71)75-50-65(53)80(78(66)76)81(72)79(67)75/h2-52H,1H3. The topological polar surface area (TPSA) is 6.48 Å². The number of fused-ring (bicyclic) bond motifs is 10. The molecule has 0 amide bonds. The Hall–Kier alpha value is -10.7. The molecule has 4 aliphatic rings.